The number of carbonyl (C=O) groups excluding carboxylic acids is 1. The fourth-order valence-electron chi connectivity index (χ4n) is 4.81. The lowest BCUT2D eigenvalue weighted by Gasteiger charge is -2.35. The summed E-state index contributed by atoms with van der Waals surface area (Å²) in [4.78, 5) is 21.8. The molecule has 0 unspecified atom stereocenters. The van der Waals surface area contributed by atoms with Crippen LogP contribution < -0.4 is 10.6 Å². The van der Waals surface area contributed by atoms with Crippen molar-refractivity contribution in [1.82, 2.24) is 15.2 Å². The number of amides is 1. The summed E-state index contributed by atoms with van der Waals surface area (Å²) >= 11 is 0. The number of halogens is 3. The van der Waals surface area contributed by atoms with E-state index in [9.17, 15) is 18.0 Å². The number of hydrogen-bond donors (Lipinski definition) is 2. The maximum atomic E-state index is 13.4. The summed E-state index contributed by atoms with van der Waals surface area (Å²) in [5, 5.41) is 13.7. The highest BCUT2D eigenvalue weighted by molar-refractivity contribution is 6.19. The third-order valence-corrected chi connectivity index (χ3v) is 6.99. The monoisotopic (exact) mass is 548 g/mol. The quantitative estimate of drug-likeness (QED) is 0.337. The zero-order valence-corrected chi connectivity index (χ0v) is 21.1. The number of fused-ring (bicyclic) bond motifs is 1. The van der Waals surface area contributed by atoms with Gasteiger partial charge in [-0.15, -0.1) is 5.10 Å². The number of ether oxygens (including phenoxy) is 1. The number of methoxy groups -OCH3 is 1. The van der Waals surface area contributed by atoms with E-state index in [1.807, 2.05) is 48.5 Å². The number of carbonyl (C=O) groups is 1. The normalized spacial score (nSPS) is 20.6. The number of aromatic nitrogens is 3. The summed E-state index contributed by atoms with van der Waals surface area (Å²) in [5.41, 5.74) is 2.37. The fraction of sp³-hybridized carbons (Fsp3) is 0.250. The van der Waals surface area contributed by atoms with Crippen LogP contribution in [-0.4, -0.2) is 46.2 Å². The van der Waals surface area contributed by atoms with Crippen LogP contribution in [0.25, 0.3) is 11.6 Å². The molecule has 3 heterocycles. The first-order chi connectivity index (χ1) is 19.3. The van der Waals surface area contributed by atoms with E-state index in [1.54, 1.807) is 13.2 Å². The highest BCUT2D eigenvalue weighted by atomic mass is 19.4. The molecule has 0 radical (unpaired) electrons. The number of hydrogen-bond acceptors (Lipinski definition) is 8. The van der Waals surface area contributed by atoms with Crippen LogP contribution in [0.5, 0.6) is 0 Å². The highest BCUT2D eigenvalue weighted by Gasteiger charge is 2.37. The van der Waals surface area contributed by atoms with Gasteiger partial charge in [0.1, 0.15) is 5.69 Å². The van der Waals surface area contributed by atoms with Crippen molar-refractivity contribution in [3.63, 3.8) is 0 Å². The van der Waals surface area contributed by atoms with Crippen LogP contribution in [0.15, 0.2) is 76.3 Å². The number of alkyl halides is 3. The standard InChI is InChI=1S/C28H23F3N6O3/c1-39-18-11-16(12-18)20-13-17(28(29,30)31)14-32-23(20)26-36-37-27(40-26)35-24-25(38)33-21-10-6-5-9-19(21)22(34-24)15-7-3-2-4-8-15/h2-10,13-14,16,18,24H,11-12H2,1H3,(H,33,38)(H,35,37)/t16?,18?,24-/m0/s1. The minimum Gasteiger partial charge on any atom is -0.402 e. The van der Waals surface area contributed by atoms with Crippen molar-refractivity contribution >= 4 is 23.3 Å². The maximum absolute atomic E-state index is 13.4. The third-order valence-electron chi connectivity index (χ3n) is 6.99. The molecule has 4 aromatic rings. The number of rotatable bonds is 6. The molecule has 12 heteroatoms. The molecule has 6 rings (SSSR count). The topological polar surface area (TPSA) is 115 Å². The van der Waals surface area contributed by atoms with Gasteiger partial charge in [0.15, 0.2) is 0 Å². The minimum absolute atomic E-state index is 0.0400. The molecule has 9 nitrogen and oxygen atoms in total. The number of benzene rings is 2. The number of nitrogens with zero attached hydrogens (tertiary/aromatic N) is 4. The predicted molar refractivity (Wildman–Crippen MR) is 140 cm³/mol. The lowest BCUT2D eigenvalue weighted by molar-refractivity contribution is -0.137. The minimum atomic E-state index is -4.55. The second-order valence-corrected chi connectivity index (χ2v) is 9.52. The summed E-state index contributed by atoms with van der Waals surface area (Å²) in [6.45, 7) is 0. The average Bonchev–Trinajstić information content (AvgIpc) is 3.33. The molecule has 1 amide bonds. The summed E-state index contributed by atoms with van der Waals surface area (Å²) < 4.78 is 51.4. The van der Waals surface area contributed by atoms with E-state index in [0.717, 1.165) is 23.4 Å². The van der Waals surface area contributed by atoms with Crippen LogP contribution in [0.2, 0.25) is 0 Å². The number of nitrogens with one attached hydrogen (secondary N) is 2. The van der Waals surface area contributed by atoms with Gasteiger partial charge < -0.3 is 19.8 Å². The van der Waals surface area contributed by atoms with Gasteiger partial charge in [0, 0.05) is 24.4 Å². The van der Waals surface area contributed by atoms with E-state index < -0.39 is 23.8 Å². The molecular formula is C28H23F3N6O3. The Labute approximate surface area is 226 Å². The van der Waals surface area contributed by atoms with E-state index in [4.69, 9.17) is 9.15 Å². The maximum Gasteiger partial charge on any atom is 0.417 e. The molecule has 2 aromatic carbocycles. The van der Waals surface area contributed by atoms with Gasteiger partial charge in [-0.2, -0.15) is 13.2 Å². The number of aliphatic imine (C=N–C) groups is 1. The van der Waals surface area contributed by atoms with Crippen LogP contribution in [-0.2, 0) is 15.7 Å². The first-order valence-corrected chi connectivity index (χ1v) is 12.5. The van der Waals surface area contributed by atoms with Gasteiger partial charge in [-0.25, -0.2) is 4.99 Å². The second-order valence-electron chi connectivity index (χ2n) is 9.52. The van der Waals surface area contributed by atoms with Crippen LogP contribution in [0.4, 0.5) is 24.9 Å². The molecule has 204 valence electrons. The van der Waals surface area contributed by atoms with Gasteiger partial charge in [0.2, 0.25) is 6.17 Å². The number of benzodiazepines with no additional fused rings is 1. The number of pyridine rings is 1. The molecule has 2 aliphatic rings. The Morgan fingerprint density at radius 1 is 1.05 bits per heavy atom. The molecule has 40 heavy (non-hydrogen) atoms. The summed E-state index contributed by atoms with van der Waals surface area (Å²) in [7, 11) is 1.57. The molecule has 0 bridgehead atoms. The predicted octanol–water partition coefficient (Wildman–Crippen LogP) is 5.27. The summed E-state index contributed by atoms with van der Waals surface area (Å²) in [6.07, 6.45) is -3.89. The first kappa shape index (κ1) is 25.7. The molecule has 1 atom stereocenters. The molecule has 1 saturated carbocycles. The Hall–Kier alpha value is -4.58. The number of anilines is 2. The van der Waals surface area contributed by atoms with Gasteiger partial charge in [0.05, 0.1) is 23.1 Å². The molecule has 1 fully saturated rings. The van der Waals surface area contributed by atoms with Crippen LogP contribution in [0.3, 0.4) is 0 Å². The molecule has 1 aliphatic heterocycles. The van der Waals surface area contributed by atoms with Gasteiger partial charge >= 0.3 is 12.2 Å². The zero-order chi connectivity index (χ0) is 27.9. The van der Waals surface area contributed by atoms with Crippen molar-refractivity contribution in [3.8, 4) is 11.6 Å². The van der Waals surface area contributed by atoms with Crippen LogP contribution in [0.1, 0.15) is 41.0 Å². The fourth-order valence-corrected chi connectivity index (χ4v) is 4.81. The van der Waals surface area contributed by atoms with Crippen molar-refractivity contribution < 1.29 is 27.1 Å². The van der Waals surface area contributed by atoms with Gasteiger partial charge in [-0.3, -0.25) is 9.78 Å². The van der Waals surface area contributed by atoms with Crippen molar-refractivity contribution in [2.75, 3.05) is 17.7 Å². The lowest BCUT2D eigenvalue weighted by atomic mass is 9.76. The number of para-hydroxylation sites is 1. The van der Waals surface area contributed by atoms with Gasteiger partial charge in [-0.05, 0) is 36.5 Å². The molecule has 2 N–H and O–H groups in total. The Bertz CT molecular complexity index is 1580. The Morgan fingerprint density at radius 3 is 2.55 bits per heavy atom. The lowest BCUT2D eigenvalue weighted by Crippen LogP contribution is -2.32. The van der Waals surface area contributed by atoms with Crippen molar-refractivity contribution in [2.45, 2.75) is 37.2 Å². The Morgan fingerprint density at radius 2 is 1.80 bits per heavy atom. The molecule has 0 spiro atoms. The second kappa shape index (κ2) is 10.2. The SMILES string of the molecule is COC1CC(c2cc(C(F)(F)F)cnc2-c2nnc(N[C@@H]3N=C(c4ccccc4)c4ccccc4NC3=O)o2)C1. The Kier molecular flexibility index (Phi) is 6.54. The zero-order valence-electron chi connectivity index (χ0n) is 21.1. The van der Waals surface area contributed by atoms with Crippen LogP contribution >= 0.6 is 0 Å². The van der Waals surface area contributed by atoms with E-state index in [1.165, 1.54) is 0 Å². The van der Waals surface area contributed by atoms with Crippen molar-refractivity contribution in [3.05, 3.63) is 89.1 Å². The Balaban J connectivity index is 1.32. The van der Waals surface area contributed by atoms with E-state index in [0.29, 0.717) is 29.8 Å². The van der Waals surface area contributed by atoms with Crippen LogP contribution in [0, 0.1) is 0 Å². The third kappa shape index (κ3) is 4.93. The molecular weight excluding hydrogens is 525 g/mol. The van der Waals surface area contributed by atoms with E-state index in [-0.39, 0.29) is 29.6 Å². The van der Waals surface area contributed by atoms with Crippen molar-refractivity contribution in [2.24, 2.45) is 4.99 Å². The van der Waals surface area contributed by atoms with Gasteiger partial charge in [-0.1, -0.05) is 53.6 Å². The highest BCUT2D eigenvalue weighted by Crippen LogP contribution is 2.43. The average molecular weight is 549 g/mol. The van der Waals surface area contributed by atoms with E-state index in [2.05, 4.69) is 30.8 Å². The van der Waals surface area contributed by atoms with E-state index >= 15 is 0 Å². The molecule has 1 aliphatic carbocycles. The summed E-state index contributed by atoms with van der Waals surface area (Å²) in [5.74, 6) is -0.731. The van der Waals surface area contributed by atoms with Crippen molar-refractivity contribution in [1.29, 1.82) is 0 Å². The first-order valence-electron chi connectivity index (χ1n) is 12.5. The summed E-state index contributed by atoms with van der Waals surface area (Å²) in [6, 6.07) is 17.7. The largest absolute Gasteiger partial charge is 0.417 e. The van der Waals surface area contributed by atoms with Gasteiger partial charge in [0.25, 0.3) is 11.8 Å². The molecule has 2 aromatic heterocycles. The molecule has 0 saturated heterocycles. The smallest absolute Gasteiger partial charge is 0.402 e.